The number of aromatic nitrogens is 2. The van der Waals surface area contributed by atoms with E-state index < -0.39 is 15.9 Å². The highest BCUT2D eigenvalue weighted by Gasteiger charge is 2.17. The molecule has 3 rings (SSSR count). The summed E-state index contributed by atoms with van der Waals surface area (Å²) in [6.07, 6.45) is 4.19. The molecule has 2 aromatic heterocycles. The SMILES string of the molecule is O=C(Nc1ccn(S(=O)(=O)c2ccc(Cl)cc2)c1)c1ccccn1. The van der Waals surface area contributed by atoms with Gasteiger partial charge in [0.15, 0.2) is 0 Å². The molecule has 0 radical (unpaired) electrons. The quantitative estimate of drug-likeness (QED) is 0.774. The lowest BCUT2D eigenvalue weighted by Gasteiger charge is -2.06. The van der Waals surface area contributed by atoms with Gasteiger partial charge in [-0.25, -0.2) is 12.4 Å². The van der Waals surface area contributed by atoms with Crippen LogP contribution in [0.5, 0.6) is 0 Å². The number of carbonyl (C=O) groups is 1. The largest absolute Gasteiger partial charge is 0.319 e. The number of hydrogen-bond acceptors (Lipinski definition) is 4. The standard InChI is InChI=1S/C16H12ClN3O3S/c17-12-4-6-14(7-5-12)24(22,23)20-10-8-13(11-20)19-16(21)15-3-1-2-9-18-15/h1-11H,(H,19,21). The van der Waals surface area contributed by atoms with E-state index >= 15 is 0 Å². The Balaban J connectivity index is 1.83. The molecule has 1 N–H and O–H groups in total. The number of benzene rings is 1. The van der Waals surface area contributed by atoms with Crippen molar-refractivity contribution in [3.05, 3.63) is 77.8 Å². The van der Waals surface area contributed by atoms with Gasteiger partial charge in [-0.05, 0) is 42.5 Å². The second-order valence-corrected chi connectivity index (χ2v) is 7.14. The van der Waals surface area contributed by atoms with Crippen molar-refractivity contribution in [2.24, 2.45) is 0 Å². The van der Waals surface area contributed by atoms with Crippen molar-refractivity contribution >= 4 is 33.2 Å². The molecule has 8 heteroatoms. The van der Waals surface area contributed by atoms with Gasteiger partial charge in [0.05, 0.1) is 10.6 Å². The zero-order chi connectivity index (χ0) is 17.2. The van der Waals surface area contributed by atoms with E-state index in [2.05, 4.69) is 10.3 Å². The van der Waals surface area contributed by atoms with Gasteiger partial charge in [-0.3, -0.25) is 9.78 Å². The molecule has 0 aliphatic heterocycles. The second kappa shape index (κ2) is 6.46. The molecular formula is C16H12ClN3O3S. The molecule has 0 bridgehead atoms. The molecule has 0 aliphatic carbocycles. The summed E-state index contributed by atoms with van der Waals surface area (Å²) in [5.41, 5.74) is 0.592. The van der Waals surface area contributed by atoms with E-state index in [-0.39, 0.29) is 10.6 Å². The van der Waals surface area contributed by atoms with Gasteiger partial charge in [-0.15, -0.1) is 0 Å². The Hall–Kier alpha value is -2.64. The van der Waals surface area contributed by atoms with Crippen LogP contribution in [0.25, 0.3) is 0 Å². The lowest BCUT2D eigenvalue weighted by atomic mass is 10.3. The minimum Gasteiger partial charge on any atom is -0.319 e. The number of amides is 1. The molecule has 0 aliphatic rings. The predicted molar refractivity (Wildman–Crippen MR) is 90.7 cm³/mol. The second-order valence-electron chi connectivity index (χ2n) is 4.86. The molecular weight excluding hydrogens is 350 g/mol. The Labute approximate surface area is 143 Å². The summed E-state index contributed by atoms with van der Waals surface area (Å²) >= 11 is 5.77. The summed E-state index contributed by atoms with van der Waals surface area (Å²) in [7, 11) is -3.74. The molecule has 6 nitrogen and oxygen atoms in total. The molecule has 122 valence electrons. The third kappa shape index (κ3) is 3.32. The summed E-state index contributed by atoms with van der Waals surface area (Å²) in [6.45, 7) is 0. The normalized spacial score (nSPS) is 11.2. The summed E-state index contributed by atoms with van der Waals surface area (Å²) in [5.74, 6) is -0.419. The van der Waals surface area contributed by atoms with Crippen molar-refractivity contribution in [2.75, 3.05) is 5.32 Å². The van der Waals surface area contributed by atoms with Gasteiger partial charge in [0.2, 0.25) is 0 Å². The number of carbonyl (C=O) groups excluding carboxylic acids is 1. The van der Waals surface area contributed by atoms with Gasteiger partial charge in [0.25, 0.3) is 15.9 Å². The molecule has 3 aromatic rings. The molecule has 2 heterocycles. The fourth-order valence-corrected chi connectivity index (χ4v) is 3.34. The maximum absolute atomic E-state index is 12.5. The van der Waals surface area contributed by atoms with Crippen LogP contribution in [0.2, 0.25) is 5.02 Å². The molecule has 0 saturated heterocycles. The molecule has 24 heavy (non-hydrogen) atoms. The first-order chi connectivity index (χ1) is 11.5. The van der Waals surface area contributed by atoms with E-state index in [1.807, 2.05) is 0 Å². The number of rotatable bonds is 4. The number of halogens is 1. The highest BCUT2D eigenvalue weighted by atomic mass is 35.5. The van der Waals surface area contributed by atoms with Crippen LogP contribution in [0.15, 0.2) is 72.0 Å². The van der Waals surface area contributed by atoms with Crippen LogP contribution in [0, 0.1) is 0 Å². The molecule has 0 atom stereocenters. The van der Waals surface area contributed by atoms with Crippen LogP contribution < -0.4 is 5.32 Å². The van der Waals surface area contributed by atoms with Crippen LogP contribution in [-0.4, -0.2) is 23.3 Å². The van der Waals surface area contributed by atoms with Crippen molar-refractivity contribution in [1.29, 1.82) is 0 Å². The highest BCUT2D eigenvalue weighted by molar-refractivity contribution is 7.90. The topological polar surface area (TPSA) is 81.1 Å². The Bertz CT molecular complexity index is 967. The third-order valence-corrected chi connectivity index (χ3v) is 5.11. The van der Waals surface area contributed by atoms with Crippen LogP contribution in [0.1, 0.15) is 10.5 Å². The molecule has 1 amide bonds. The number of anilines is 1. The average Bonchev–Trinajstić information content (AvgIpc) is 3.05. The number of pyridine rings is 1. The first-order valence-electron chi connectivity index (χ1n) is 6.88. The van der Waals surface area contributed by atoms with Crippen molar-refractivity contribution in [1.82, 2.24) is 8.96 Å². The highest BCUT2D eigenvalue weighted by Crippen LogP contribution is 2.19. The van der Waals surface area contributed by atoms with Crippen LogP contribution in [-0.2, 0) is 10.0 Å². The predicted octanol–water partition coefficient (Wildman–Crippen LogP) is 3.03. The van der Waals surface area contributed by atoms with Gasteiger partial charge in [-0.1, -0.05) is 17.7 Å². The van der Waals surface area contributed by atoms with Gasteiger partial charge in [0.1, 0.15) is 5.69 Å². The lowest BCUT2D eigenvalue weighted by Crippen LogP contribution is -2.14. The minimum atomic E-state index is -3.74. The van der Waals surface area contributed by atoms with Crippen LogP contribution >= 0.6 is 11.6 Å². The van der Waals surface area contributed by atoms with Crippen molar-refractivity contribution in [3.63, 3.8) is 0 Å². The fourth-order valence-electron chi connectivity index (χ4n) is 2.02. The molecule has 0 spiro atoms. The van der Waals surface area contributed by atoms with Crippen molar-refractivity contribution in [2.45, 2.75) is 4.90 Å². The minimum absolute atomic E-state index is 0.102. The van der Waals surface area contributed by atoms with E-state index in [9.17, 15) is 13.2 Å². The Morgan fingerprint density at radius 3 is 2.50 bits per heavy atom. The fraction of sp³-hybridized carbons (Fsp3) is 0. The first-order valence-corrected chi connectivity index (χ1v) is 8.70. The van der Waals surface area contributed by atoms with E-state index in [0.29, 0.717) is 10.7 Å². The molecule has 0 unspecified atom stereocenters. The summed E-state index contributed by atoms with van der Waals surface area (Å²) < 4.78 is 26.1. The first kappa shape index (κ1) is 16.2. The summed E-state index contributed by atoms with van der Waals surface area (Å²) in [6, 6.07) is 12.3. The van der Waals surface area contributed by atoms with E-state index in [1.165, 1.54) is 48.9 Å². The van der Waals surface area contributed by atoms with Gasteiger partial charge in [0, 0.05) is 23.6 Å². The maximum Gasteiger partial charge on any atom is 0.274 e. The molecule has 0 saturated carbocycles. The molecule has 0 fully saturated rings. The number of hydrogen-bond donors (Lipinski definition) is 1. The average molecular weight is 362 g/mol. The van der Waals surface area contributed by atoms with Crippen LogP contribution in [0.3, 0.4) is 0 Å². The smallest absolute Gasteiger partial charge is 0.274 e. The van der Waals surface area contributed by atoms with E-state index in [1.54, 1.807) is 18.2 Å². The Morgan fingerprint density at radius 1 is 1.08 bits per heavy atom. The zero-order valence-corrected chi connectivity index (χ0v) is 13.8. The van der Waals surface area contributed by atoms with Gasteiger partial charge >= 0.3 is 0 Å². The van der Waals surface area contributed by atoms with Gasteiger partial charge in [-0.2, -0.15) is 0 Å². The van der Waals surface area contributed by atoms with Crippen LogP contribution in [0.4, 0.5) is 5.69 Å². The molecule has 1 aromatic carbocycles. The zero-order valence-electron chi connectivity index (χ0n) is 12.3. The summed E-state index contributed by atoms with van der Waals surface area (Å²) in [4.78, 5) is 16.1. The summed E-state index contributed by atoms with van der Waals surface area (Å²) in [5, 5.41) is 3.05. The lowest BCUT2D eigenvalue weighted by molar-refractivity contribution is 0.102. The van der Waals surface area contributed by atoms with Crippen molar-refractivity contribution in [3.8, 4) is 0 Å². The number of nitrogens with zero attached hydrogens (tertiary/aromatic N) is 2. The monoisotopic (exact) mass is 361 g/mol. The van der Waals surface area contributed by atoms with Gasteiger partial charge < -0.3 is 5.32 Å². The van der Waals surface area contributed by atoms with E-state index in [0.717, 1.165) is 3.97 Å². The Kier molecular flexibility index (Phi) is 4.37. The third-order valence-electron chi connectivity index (χ3n) is 3.21. The maximum atomic E-state index is 12.5. The Morgan fingerprint density at radius 2 is 1.83 bits per heavy atom. The van der Waals surface area contributed by atoms with Crippen molar-refractivity contribution < 1.29 is 13.2 Å². The number of nitrogens with one attached hydrogen (secondary N) is 1. The van der Waals surface area contributed by atoms with E-state index in [4.69, 9.17) is 11.6 Å².